The lowest BCUT2D eigenvalue weighted by Crippen LogP contribution is -2.52. The molecule has 0 aliphatic carbocycles. The maximum Gasteiger partial charge on any atom is 0.138 e. The van der Waals surface area contributed by atoms with Crippen molar-refractivity contribution in [1.29, 1.82) is 0 Å². The topological polar surface area (TPSA) is 59.5 Å². The third-order valence-electron chi connectivity index (χ3n) is 4.66. The fourth-order valence-corrected chi connectivity index (χ4v) is 3.19. The smallest absolute Gasteiger partial charge is 0.138 e. The highest BCUT2D eigenvalue weighted by Gasteiger charge is 2.25. The van der Waals surface area contributed by atoms with Crippen molar-refractivity contribution in [3.05, 3.63) is 53.9 Å². The van der Waals surface area contributed by atoms with E-state index in [-0.39, 0.29) is 0 Å². The SMILES string of the molecule is COC1CN(CCOc2ccc3c(Nc4ccc(Cl)nc4)nccc3c2)C1. The van der Waals surface area contributed by atoms with Gasteiger partial charge in [-0.1, -0.05) is 11.6 Å². The summed E-state index contributed by atoms with van der Waals surface area (Å²) in [5, 5.41) is 5.83. The number of methoxy groups -OCH3 is 1. The average Bonchev–Trinajstić information content (AvgIpc) is 2.65. The first kappa shape index (κ1) is 18.0. The summed E-state index contributed by atoms with van der Waals surface area (Å²) in [6.07, 6.45) is 3.84. The molecule has 0 amide bonds. The van der Waals surface area contributed by atoms with Crippen LogP contribution in [0, 0.1) is 0 Å². The minimum Gasteiger partial charge on any atom is -0.492 e. The van der Waals surface area contributed by atoms with Gasteiger partial charge in [0.15, 0.2) is 0 Å². The summed E-state index contributed by atoms with van der Waals surface area (Å²) in [7, 11) is 1.76. The molecule has 1 aliphatic heterocycles. The van der Waals surface area contributed by atoms with Crippen molar-refractivity contribution in [2.75, 3.05) is 38.7 Å². The predicted octanol–water partition coefficient (Wildman–Crippen LogP) is 3.74. The summed E-state index contributed by atoms with van der Waals surface area (Å²) in [4.78, 5) is 10.8. The first-order valence-corrected chi connectivity index (χ1v) is 9.24. The van der Waals surface area contributed by atoms with Crippen LogP contribution < -0.4 is 10.1 Å². The molecular weight excluding hydrogens is 364 g/mol. The van der Waals surface area contributed by atoms with Crippen LogP contribution in [0.2, 0.25) is 5.15 Å². The van der Waals surface area contributed by atoms with Gasteiger partial charge in [-0.3, -0.25) is 4.90 Å². The minimum absolute atomic E-state index is 0.375. The Balaban J connectivity index is 1.41. The number of nitrogens with zero attached hydrogens (tertiary/aromatic N) is 3. The molecular formula is C20H21ClN4O2. The van der Waals surface area contributed by atoms with Crippen molar-refractivity contribution in [1.82, 2.24) is 14.9 Å². The van der Waals surface area contributed by atoms with E-state index in [4.69, 9.17) is 21.1 Å². The summed E-state index contributed by atoms with van der Waals surface area (Å²) in [6.45, 7) is 3.54. The Hall–Kier alpha value is -2.41. The Labute approximate surface area is 163 Å². The van der Waals surface area contributed by atoms with Crippen LogP contribution in [0.1, 0.15) is 0 Å². The fourth-order valence-electron chi connectivity index (χ4n) is 3.08. The highest BCUT2D eigenvalue weighted by Crippen LogP contribution is 2.27. The van der Waals surface area contributed by atoms with E-state index in [0.717, 1.165) is 47.7 Å². The van der Waals surface area contributed by atoms with E-state index in [2.05, 4.69) is 20.2 Å². The molecule has 0 saturated carbocycles. The number of hydrogen-bond acceptors (Lipinski definition) is 6. The number of benzene rings is 1. The van der Waals surface area contributed by atoms with Crippen molar-refractivity contribution < 1.29 is 9.47 Å². The quantitative estimate of drug-likeness (QED) is 0.626. The number of hydrogen-bond donors (Lipinski definition) is 1. The van der Waals surface area contributed by atoms with Crippen LogP contribution in [0.25, 0.3) is 10.8 Å². The molecule has 0 unspecified atom stereocenters. The molecule has 1 aromatic carbocycles. The lowest BCUT2D eigenvalue weighted by molar-refractivity contribution is -0.0333. The molecule has 0 spiro atoms. The second kappa shape index (κ2) is 8.08. The van der Waals surface area contributed by atoms with Gasteiger partial charge in [-0.25, -0.2) is 9.97 Å². The number of pyridine rings is 2. The minimum atomic E-state index is 0.375. The number of rotatable bonds is 7. The lowest BCUT2D eigenvalue weighted by Gasteiger charge is -2.37. The average molecular weight is 385 g/mol. The monoisotopic (exact) mass is 384 g/mol. The molecule has 27 heavy (non-hydrogen) atoms. The van der Waals surface area contributed by atoms with Gasteiger partial charge in [-0.2, -0.15) is 0 Å². The second-order valence-corrected chi connectivity index (χ2v) is 6.89. The Kier molecular flexibility index (Phi) is 5.38. The molecule has 7 heteroatoms. The maximum atomic E-state index is 5.91. The Bertz CT molecular complexity index is 914. The molecule has 3 aromatic rings. The van der Waals surface area contributed by atoms with E-state index in [1.165, 1.54) is 0 Å². The van der Waals surface area contributed by atoms with E-state index in [1.807, 2.05) is 30.3 Å². The number of halogens is 1. The van der Waals surface area contributed by atoms with Gasteiger partial charge in [-0.05, 0) is 41.8 Å². The maximum absolute atomic E-state index is 5.91. The highest BCUT2D eigenvalue weighted by molar-refractivity contribution is 6.29. The van der Waals surface area contributed by atoms with Gasteiger partial charge in [0.2, 0.25) is 0 Å². The van der Waals surface area contributed by atoms with Crippen LogP contribution in [0.4, 0.5) is 11.5 Å². The second-order valence-electron chi connectivity index (χ2n) is 6.50. The van der Waals surface area contributed by atoms with Crippen LogP contribution in [-0.2, 0) is 4.74 Å². The van der Waals surface area contributed by atoms with E-state index in [0.29, 0.717) is 17.9 Å². The number of ether oxygens (including phenoxy) is 2. The number of aromatic nitrogens is 2. The van der Waals surface area contributed by atoms with Crippen molar-refractivity contribution in [3.8, 4) is 5.75 Å². The van der Waals surface area contributed by atoms with Crippen LogP contribution in [0.15, 0.2) is 48.8 Å². The van der Waals surface area contributed by atoms with Crippen molar-refractivity contribution in [2.24, 2.45) is 0 Å². The normalized spacial score (nSPS) is 14.9. The first-order valence-electron chi connectivity index (χ1n) is 8.86. The third-order valence-corrected chi connectivity index (χ3v) is 4.88. The summed E-state index contributed by atoms with van der Waals surface area (Å²) >= 11 is 5.84. The van der Waals surface area contributed by atoms with Crippen LogP contribution >= 0.6 is 11.6 Å². The van der Waals surface area contributed by atoms with Crippen LogP contribution in [0.3, 0.4) is 0 Å². The molecule has 4 rings (SSSR count). The molecule has 0 bridgehead atoms. The zero-order chi connectivity index (χ0) is 18.6. The van der Waals surface area contributed by atoms with Crippen LogP contribution in [0.5, 0.6) is 5.75 Å². The molecule has 1 fully saturated rings. The Morgan fingerprint density at radius 3 is 2.85 bits per heavy atom. The number of likely N-dealkylation sites (tertiary alicyclic amines) is 1. The van der Waals surface area contributed by atoms with Crippen LogP contribution in [-0.4, -0.2) is 54.3 Å². The van der Waals surface area contributed by atoms with Crippen molar-refractivity contribution in [3.63, 3.8) is 0 Å². The third kappa shape index (κ3) is 4.30. The summed E-state index contributed by atoms with van der Waals surface area (Å²) in [6, 6.07) is 11.6. The molecule has 6 nitrogen and oxygen atoms in total. The number of fused-ring (bicyclic) bond motifs is 1. The van der Waals surface area contributed by atoms with Gasteiger partial charge in [0, 0.05) is 38.3 Å². The molecule has 140 valence electrons. The van der Waals surface area contributed by atoms with Gasteiger partial charge in [-0.15, -0.1) is 0 Å². The lowest BCUT2D eigenvalue weighted by atomic mass is 10.1. The van der Waals surface area contributed by atoms with Gasteiger partial charge < -0.3 is 14.8 Å². The molecule has 0 radical (unpaired) electrons. The van der Waals surface area contributed by atoms with Gasteiger partial charge in [0.25, 0.3) is 0 Å². The Morgan fingerprint density at radius 2 is 2.07 bits per heavy atom. The standard InChI is InChI=1S/C20H21ClN4O2/c1-26-17-12-25(13-17)8-9-27-16-3-4-18-14(10-16)6-7-22-20(18)24-15-2-5-19(21)23-11-15/h2-7,10-11,17H,8-9,12-13H2,1H3,(H,22,24). The van der Waals surface area contributed by atoms with Gasteiger partial charge in [0.05, 0.1) is 18.0 Å². The molecule has 2 aromatic heterocycles. The zero-order valence-corrected chi connectivity index (χ0v) is 15.8. The number of nitrogens with one attached hydrogen (secondary N) is 1. The molecule has 3 heterocycles. The van der Waals surface area contributed by atoms with E-state index >= 15 is 0 Å². The summed E-state index contributed by atoms with van der Waals surface area (Å²) in [5.74, 6) is 1.63. The largest absolute Gasteiger partial charge is 0.492 e. The van der Waals surface area contributed by atoms with Gasteiger partial charge in [0.1, 0.15) is 23.3 Å². The van der Waals surface area contributed by atoms with Gasteiger partial charge >= 0.3 is 0 Å². The van der Waals surface area contributed by atoms with E-state index in [9.17, 15) is 0 Å². The molecule has 1 saturated heterocycles. The predicted molar refractivity (Wildman–Crippen MR) is 107 cm³/mol. The zero-order valence-electron chi connectivity index (χ0n) is 15.1. The molecule has 1 aliphatic rings. The highest BCUT2D eigenvalue weighted by atomic mass is 35.5. The summed E-state index contributed by atoms with van der Waals surface area (Å²) < 4.78 is 11.2. The summed E-state index contributed by atoms with van der Waals surface area (Å²) in [5.41, 5.74) is 0.837. The van der Waals surface area contributed by atoms with E-state index in [1.54, 1.807) is 25.6 Å². The Morgan fingerprint density at radius 1 is 1.19 bits per heavy atom. The molecule has 0 atom stereocenters. The van der Waals surface area contributed by atoms with Crippen molar-refractivity contribution in [2.45, 2.75) is 6.10 Å². The van der Waals surface area contributed by atoms with E-state index < -0.39 is 0 Å². The fraction of sp³-hybridized carbons (Fsp3) is 0.300. The van der Waals surface area contributed by atoms with Crippen molar-refractivity contribution >= 4 is 33.9 Å². The first-order chi connectivity index (χ1) is 13.2. The molecule has 1 N–H and O–H groups in total. The number of anilines is 2.